The Labute approximate surface area is 173 Å². The van der Waals surface area contributed by atoms with Crippen LogP contribution < -0.4 is 10.9 Å². The lowest BCUT2D eigenvalue weighted by molar-refractivity contribution is -0.121. The Kier molecular flexibility index (Phi) is 5.65. The van der Waals surface area contributed by atoms with Crippen molar-refractivity contribution in [2.45, 2.75) is 32.2 Å². The maximum Gasteiger partial charge on any atom is 0.258 e. The molecule has 0 bridgehead atoms. The van der Waals surface area contributed by atoms with Crippen molar-refractivity contribution in [3.8, 4) is 5.69 Å². The minimum absolute atomic E-state index is 0.0361. The highest BCUT2D eigenvalue weighted by atomic mass is 16.1. The largest absolute Gasteiger partial charge is 0.350 e. The summed E-state index contributed by atoms with van der Waals surface area (Å²) < 4.78 is 1.68. The number of para-hydroxylation sites is 1. The normalized spacial score (nSPS) is 12.0. The number of rotatable bonds is 7. The highest BCUT2D eigenvalue weighted by Gasteiger charge is 2.11. The van der Waals surface area contributed by atoms with E-state index < -0.39 is 0 Å². The number of aryl methyl sites for hydroxylation is 1. The van der Waals surface area contributed by atoms with E-state index in [9.17, 15) is 9.59 Å². The zero-order valence-electron chi connectivity index (χ0n) is 16.6. The maximum atomic E-state index is 12.3. The van der Waals surface area contributed by atoms with E-state index >= 15 is 0 Å². The minimum atomic E-state index is -0.150. The van der Waals surface area contributed by atoms with E-state index in [2.05, 4.69) is 25.4 Å². The van der Waals surface area contributed by atoms with Crippen molar-refractivity contribution in [1.29, 1.82) is 0 Å². The van der Waals surface area contributed by atoms with Gasteiger partial charge < -0.3 is 10.3 Å². The second-order valence-electron chi connectivity index (χ2n) is 7.10. The molecule has 4 aromatic rings. The van der Waals surface area contributed by atoms with Crippen LogP contribution in [0.1, 0.15) is 37.2 Å². The van der Waals surface area contributed by atoms with Crippen molar-refractivity contribution in [3.63, 3.8) is 0 Å². The first-order valence-corrected chi connectivity index (χ1v) is 9.82. The van der Waals surface area contributed by atoms with Gasteiger partial charge in [-0.1, -0.05) is 24.3 Å². The molecule has 0 radical (unpaired) electrons. The SMILES string of the molecule is CC(NC(=O)CCCc1nc2ccccc2c(=O)[nH]1)c1ccc(-n2cncn2)cc1. The number of fused-ring (bicyclic) bond motifs is 1. The fourth-order valence-electron chi connectivity index (χ4n) is 3.32. The number of carbonyl (C=O) groups excluding carboxylic acids is 1. The molecule has 0 aliphatic heterocycles. The van der Waals surface area contributed by atoms with Crippen molar-refractivity contribution >= 4 is 16.8 Å². The number of hydrogen-bond acceptors (Lipinski definition) is 5. The van der Waals surface area contributed by atoms with Crippen molar-refractivity contribution in [2.75, 3.05) is 0 Å². The zero-order valence-corrected chi connectivity index (χ0v) is 16.6. The number of benzene rings is 2. The Morgan fingerprint density at radius 2 is 1.97 bits per heavy atom. The summed E-state index contributed by atoms with van der Waals surface area (Å²) in [4.78, 5) is 35.6. The molecule has 0 aliphatic carbocycles. The van der Waals surface area contributed by atoms with Gasteiger partial charge in [-0.3, -0.25) is 9.59 Å². The van der Waals surface area contributed by atoms with E-state index in [0.717, 1.165) is 11.3 Å². The van der Waals surface area contributed by atoms with Crippen LogP contribution in [0.4, 0.5) is 0 Å². The van der Waals surface area contributed by atoms with Crippen LogP contribution in [0.3, 0.4) is 0 Å². The summed E-state index contributed by atoms with van der Waals surface area (Å²) in [6, 6.07) is 14.9. The first kappa shape index (κ1) is 19.5. The zero-order chi connectivity index (χ0) is 20.9. The van der Waals surface area contributed by atoms with Crippen LogP contribution in [-0.2, 0) is 11.2 Å². The molecule has 8 nitrogen and oxygen atoms in total. The van der Waals surface area contributed by atoms with Crippen molar-refractivity contribution in [1.82, 2.24) is 30.0 Å². The monoisotopic (exact) mass is 402 g/mol. The van der Waals surface area contributed by atoms with Crippen LogP contribution in [0.2, 0.25) is 0 Å². The van der Waals surface area contributed by atoms with Crippen LogP contribution in [0, 0.1) is 0 Å². The average molecular weight is 402 g/mol. The molecule has 0 spiro atoms. The number of aromatic amines is 1. The summed E-state index contributed by atoms with van der Waals surface area (Å²) in [5.41, 5.74) is 2.44. The molecule has 1 amide bonds. The predicted molar refractivity (Wildman–Crippen MR) is 113 cm³/mol. The third-order valence-corrected chi connectivity index (χ3v) is 4.93. The Balaban J connectivity index is 1.30. The molecule has 0 saturated heterocycles. The molecule has 2 heterocycles. The Bertz CT molecular complexity index is 1200. The summed E-state index contributed by atoms with van der Waals surface area (Å²) in [6.07, 6.45) is 4.62. The Morgan fingerprint density at radius 3 is 2.73 bits per heavy atom. The number of carbonyl (C=O) groups is 1. The van der Waals surface area contributed by atoms with Gasteiger partial charge in [0.15, 0.2) is 0 Å². The van der Waals surface area contributed by atoms with Crippen molar-refractivity contribution in [3.05, 3.63) is 82.9 Å². The molecule has 8 heteroatoms. The van der Waals surface area contributed by atoms with Gasteiger partial charge in [0, 0.05) is 12.8 Å². The molecule has 2 aromatic heterocycles. The lowest BCUT2D eigenvalue weighted by atomic mass is 10.1. The van der Waals surface area contributed by atoms with E-state index in [1.165, 1.54) is 6.33 Å². The summed E-state index contributed by atoms with van der Waals surface area (Å²) in [6.45, 7) is 1.95. The van der Waals surface area contributed by atoms with Crippen molar-refractivity contribution < 1.29 is 4.79 Å². The second kappa shape index (κ2) is 8.69. The number of hydrogen-bond donors (Lipinski definition) is 2. The molecule has 2 N–H and O–H groups in total. The van der Waals surface area contributed by atoms with Crippen LogP contribution in [0.5, 0.6) is 0 Å². The Hall–Kier alpha value is -3.81. The van der Waals surface area contributed by atoms with Gasteiger partial charge in [-0.2, -0.15) is 5.10 Å². The molecular weight excluding hydrogens is 380 g/mol. The van der Waals surface area contributed by atoms with Gasteiger partial charge in [0.2, 0.25) is 5.91 Å². The summed E-state index contributed by atoms with van der Waals surface area (Å²) in [5, 5.41) is 7.68. The van der Waals surface area contributed by atoms with E-state index in [0.29, 0.717) is 36.0 Å². The van der Waals surface area contributed by atoms with Crippen LogP contribution in [0.25, 0.3) is 16.6 Å². The van der Waals surface area contributed by atoms with E-state index in [4.69, 9.17) is 0 Å². The highest BCUT2D eigenvalue weighted by Crippen LogP contribution is 2.15. The molecule has 1 unspecified atom stereocenters. The number of H-pyrrole nitrogens is 1. The van der Waals surface area contributed by atoms with Crippen LogP contribution in [0.15, 0.2) is 66.0 Å². The topological polar surface area (TPSA) is 106 Å². The smallest absolute Gasteiger partial charge is 0.258 e. The van der Waals surface area contributed by atoms with Gasteiger partial charge in [-0.25, -0.2) is 14.6 Å². The van der Waals surface area contributed by atoms with Crippen molar-refractivity contribution in [2.24, 2.45) is 0 Å². The quantitative estimate of drug-likeness (QED) is 0.494. The summed E-state index contributed by atoms with van der Waals surface area (Å²) in [5.74, 6) is 0.564. The molecular formula is C22H22N6O2. The highest BCUT2D eigenvalue weighted by molar-refractivity contribution is 5.77. The summed E-state index contributed by atoms with van der Waals surface area (Å²) in [7, 11) is 0. The lowest BCUT2D eigenvalue weighted by Gasteiger charge is -2.15. The van der Waals surface area contributed by atoms with Gasteiger partial charge in [0.25, 0.3) is 5.56 Å². The third kappa shape index (κ3) is 4.43. The standard InChI is InChI=1S/C22H22N6O2/c1-15(16-9-11-17(12-10-16)28-14-23-13-24-28)25-21(29)8-4-7-20-26-19-6-3-2-5-18(19)22(30)27-20/h2-3,5-6,9-15H,4,7-8H2,1H3,(H,25,29)(H,26,27,30). The number of nitrogens with one attached hydrogen (secondary N) is 2. The van der Waals surface area contributed by atoms with Gasteiger partial charge in [-0.15, -0.1) is 0 Å². The van der Waals surface area contributed by atoms with Gasteiger partial charge >= 0.3 is 0 Å². The molecule has 4 rings (SSSR count). The number of nitrogens with zero attached hydrogens (tertiary/aromatic N) is 4. The van der Waals surface area contributed by atoms with E-state index in [-0.39, 0.29) is 17.5 Å². The third-order valence-electron chi connectivity index (χ3n) is 4.93. The predicted octanol–water partition coefficient (Wildman–Crippen LogP) is 2.70. The molecule has 0 saturated carbocycles. The van der Waals surface area contributed by atoms with E-state index in [1.807, 2.05) is 49.4 Å². The second-order valence-corrected chi connectivity index (χ2v) is 7.10. The van der Waals surface area contributed by atoms with Gasteiger partial charge in [0.1, 0.15) is 18.5 Å². The summed E-state index contributed by atoms with van der Waals surface area (Å²) >= 11 is 0. The fraction of sp³-hybridized carbons (Fsp3) is 0.227. The Morgan fingerprint density at radius 1 is 1.17 bits per heavy atom. The first-order chi connectivity index (χ1) is 14.6. The van der Waals surface area contributed by atoms with Crippen LogP contribution >= 0.6 is 0 Å². The maximum absolute atomic E-state index is 12.3. The molecule has 2 aromatic carbocycles. The molecule has 30 heavy (non-hydrogen) atoms. The van der Waals surface area contributed by atoms with Gasteiger partial charge in [0.05, 0.1) is 22.6 Å². The molecule has 0 fully saturated rings. The molecule has 1 atom stereocenters. The molecule has 0 aliphatic rings. The lowest BCUT2D eigenvalue weighted by Crippen LogP contribution is -2.26. The van der Waals surface area contributed by atoms with Crippen LogP contribution in [-0.4, -0.2) is 30.6 Å². The first-order valence-electron chi connectivity index (χ1n) is 9.82. The average Bonchev–Trinajstić information content (AvgIpc) is 3.29. The number of aromatic nitrogens is 5. The van der Waals surface area contributed by atoms with E-state index in [1.54, 1.807) is 17.1 Å². The molecule has 152 valence electrons. The number of amides is 1. The fourth-order valence-corrected chi connectivity index (χ4v) is 3.32. The van der Waals surface area contributed by atoms with Gasteiger partial charge in [-0.05, 0) is 43.2 Å². The minimum Gasteiger partial charge on any atom is -0.350 e.